The van der Waals surface area contributed by atoms with Gasteiger partial charge in [-0.1, -0.05) is 42.1 Å². The highest BCUT2D eigenvalue weighted by atomic mass is 32.2. The van der Waals surface area contributed by atoms with Crippen LogP contribution in [0.5, 0.6) is 0 Å². The molecule has 0 bridgehead atoms. The molecule has 6 nitrogen and oxygen atoms in total. The van der Waals surface area contributed by atoms with Crippen molar-refractivity contribution in [1.29, 1.82) is 5.26 Å². The van der Waals surface area contributed by atoms with E-state index in [1.165, 1.54) is 39.3 Å². The number of H-pyrrole nitrogens is 1. The minimum Gasteiger partial charge on any atom is -0.316 e. The molecule has 0 radical (unpaired) electrons. The van der Waals surface area contributed by atoms with Crippen LogP contribution in [0.2, 0.25) is 0 Å². The topological polar surface area (TPSA) is 98.6 Å². The van der Waals surface area contributed by atoms with E-state index in [1.54, 1.807) is 0 Å². The summed E-state index contributed by atoms with van der Waals surface area (Å²) < 4.78 is 0. The highest BCUT2D eigenvalue weighted by Gasteiger charge is 2.23. The van der Waals surface area contributed by atoms with Crippen molar-refractivity contribution >= 4 is 55.6 Å². The van der Waals surface area contributed by atoms with Crippen molar-refractivity contribution in [3.63, 3.8) is 0 Å². The lowest BCUT2D eigenvalue weighted by Crippen LogP contribution is -2.15. The Morgan fingerprint density at radius 3 is 2.94 bits per heavy atom. The molecule has 0 atom stereocenters. The molecule has 0 aliphatic heterocycles. The number of hydrogen-bond donors (Lipinski definition) is 2. The molecule has 154 valence electrons. The van der Waals surface area contributed by atoms with E-state index in [9.17, 15) is 14.9 Å². The Bertz CT molecular complexity index is 1400. The number of carbonyl (C=O) groups excluding carboxylic acids is 1. The summed E-state index contributed by atoms with van der Waals surface area (Å²) in [5, 5.41) is 15.8. The maximum Gasteiger partial charge on any atom is 0.260 e. The molecule has 9 heteroatoms. The van der Waals surface area contributed by atoms with Gasteiger partial charge in [0.15, 0.2) is 5.16 Å². The molecule has 1 amide bonds. The number of hydrogen-bond acceptors (Lipinski definition) is 7. The summed E-state index contributed by atoms with van der Waals surface area (Å²) >= 11 is 4.08. The van der Waals surface area contributed by atoms with Gasteiger partial charge in [0, 0.05) is 15.8 Å². The number of carbonyl (C=O) groups is 1. The summed E-state index contributed by atoms with van der Waals surface area (Å²) in [6, 6.07) is 12.0. The lowest BCUT2D eigenvalue weighted by Gasteiger charge is -2.04. The van der Waals surface area contributed by atoms with Gasteiger partial charge in [0.2, 0.25) is 5.91 Å². The first-order valence-corrected chi connectivity index (χ1v) is 12.4. The van der Waals surface area contributed by atoms with Crippen molar-refractivity contribution in [3.05, 3.63) is 62.1 Å². The number of nitrogens with zero attached hydrogens (tertiary/aromatic N) is 2. The van der Waals surface area contributed by atoms with Crippen molar-refractivity contribution in [2.45, 2.75) is 24.4 Å². The maximum atomic E-state index is 12.7. The Morgan fingerprint density at radius 2 is 2.13 bits per heavy atom. The molecule has 0 unspecified atom stereocenters. The maximum absolute atomic E-state index is 12.7. The standard InChI is InChI=1S/C22H16N4O2S3/c23-9-14-13-7-4-8-16(13)31-20(14)24-17(27)11-30-22-25-19(28)18-15(10-29-21(18)26-22)12-5-2-1-3-6-12/h1-3,5-6,10H,4,7-8,11H2,(H,24,27)(H,25,26,28). The number of aromatic nitrogens is 2. The van der Waals surface area contributed by atoms with Gasteiger partial charge in [-0.05, 0) is 30.4 Å². The number of aromatic amines is 1. The normalized spacial score (nSPS) is 12.6. The smallest absolute Gasteiger partial charge is 0.260 e. The quantitative estimate of drug-likeness (QED) is 0.326. The van der Waals surface area contributed by atoms with Gasteiger partial charge in [-0.25, -0.2) is 4.98 Å². The van der Waals surface area contributed by atoms with Crippen molar-refractivity contribution in [2.24, 2.45) is 0 Å². The first kappa shape index (κ1) is 20.0. The number of aryl methyl sites for hydroxylation is 1. The van der Waals surface area contributed by atoms with Crippen molar-refractivity contribution < 1.29 is 4.79 Å². The van der Waals surface area contributed by atoms with Crippen LogP contribution >= 0.6 is 34.4 Å². The third kappa shape index (κ3) is 3.78. The van der Waals surface area contributed by atoms with Gasteiger partial charge >= 0.3 is 0 Å². The average Bonchev–Trinajstić information content (AvgIpc) is 3.47. The fraction of sp³-hybridized carbons (Fsp3) is 0.182. The van der Waals surface area contributed by atoms with Gasteiger partial charge in [-0.3, -0.25) is 9.59 Å². The van der Waals surface area contributed by atoms with Crippen LogP contribution < -0.4 is 10.9 Å². The fourth-order valence-electron chi connectivity index (χ4n) is 3.73. The van der Waals surface area contributed by atoms with E-state index in [1.807, 2.05) is 35.7 Å². The largest absolute Gasteiger partial charge is 0.316 e. The zero-order chi connectivity index (χ0) is 21.4. The molecule has 4 aromatic rings. The Balaban J connectivity index is 1.32. The van der Waals surface area contributed by atoms with Gasteiger partial charge in [-0.15, -0.1) is 22.7 Å². The highest BCUT2D eigenvalue weighted by Crippen LogP contribution is 2.38. The van der Waals surface area contributed by atoms with Gasteiger partial charge < -0.3 is 10.3 Å². The monoisotopic (exact) mass is 464 g/mol. The van der Waals surface area contributed by atoms with Gasteiger partial charge in [-0.2, -0.15) is 5.26 Å². The second kappa shape index (κ2) is 8.30. The fourth-order valence-corrected chi connectivity index (χ4v) is 6.66. The van der Waals surface area contributed by atoms with E-state index in [0.717, 1.165) is 36.0 Å². The predicted molar refractivity (Wildman–Crippen MR) is 126 cm³/mol. The number of benzene rings is 1. The summed E-state index contributed by atoms with van der Waals surface area (Å²) in [6.07, 6.45) is 2.93. The van der Waals surface area contributed by atoms with Crippen LogP contribution in [0, 0.1) is 11.3 Å². The minimum absolute atomic E-state index is 0.0960. The molecular formula is C22H16N4O2S3. The Labute approximate surface area is 190 Å². The number of thioether (sulfide) groups is 1. The van der Waals surface area contributed by atoms with Gasteiger partial charge in [0.1, 0.15) is 15.9 Å². The summed E-state index contributed by atoms with van der Waals surface area (Å²) in [5.41, 5.74) is 3.29. The van der Waals surface area contributed by atoms with E-state index in [2.05, 4.69) is 21.4 Å². The molecule has 0 fully saturated rings. The van der Waals surface area contributed by atoms with Crippen LogP contribution in [-0.2, 0) is 17.6 Å². The molecule has 0 saturated heterocycles. The second-order valence-electron chi connectivity index (χ2n) is 7.08. The number of fused-ring (bicyclic) bond motifs is 2. The molecule has 1 aliphatic carbocycles. The van der Waals surface area contributed by atoms with Gasteiger partial charge in [0.05, 0.1) is 16.7 Å². The lowest BCUT2D eigenvalue weighted by atomic mass is 10.1. The first-order chi connectivity index (χ1) is 15.1. The number of nitriles is 1. The number of anilines is 1. The second-order valence-corrected chi connectivity index (χ2v) is 10.0. The molecule has 1 aliphatic rings. The summed E-state index contributed by atoms with van der Waals surface area (Å²) in [7, 11) is 0. The summed E-state index contributed by atoms with van der Waals surface area (Å²) in [5.74, 6) is -0.126. The molecule has 31 heavy (non-hydrogen) atoms. The van der Waals surface area contributed by atoms with E-state index < -0.39 is 0 Å². The zero-order valence-corrected chi connectivity index (χ0v) is 18.7. The van der Waals surface area contributed by atoms with E-state index in [-0.39, 0.29) is 17.2 Å². The first-order valence-electron chi connectivity index (χ1n) is 9.68. The molecule has 0 saturated carbocycles. The molecule has 0 spiro atoms. The Morgan fingerprint density at radius 1 is 1.29 bits per heavy atom. The molecule has 1 aromatic carbocycles. The average molecular weight is 465 g/mol. The van der Waals surface area contributed by atoms with E-state index in [0.29, 0.717) is 25.9 Å². The van der Waals surface area contributed by atoms with Crippen LogP contribution in [-0.4, -0.2) is 21.6 Å². The Kier molecular flexibility index (Phi) is 5.36. The minimum atomic E-state index is -0.222. The highest BCUT2D eigenvalue weighted by molar-refractivity contribution is 7.99. The van der Waals surface area contributed by atoms with Crippen molar-refractivity contribution in [1.82, 2.24) is 9.97 Å². The SMILES string of the molecule is N#Cc1c(NC(=O)CSc2nc3scc(-c4ccccc4)c3c(=O)[nH]2)sc2c1CCC2. The van der Waals surface area contributed by atoms with Crippen LogP contribution in [0.3, 0.4) is 0 Å². The van der Waals surface area contributed by atoms with E-state index >= 15 is 0 Å². The number of nitrogens with one attached hydrogen (secondary N) is 2. The van der Waals surface area contributed by atoms with Crippen LogP contribution in [0.4, 0.5) is 5.00 Å². The van der Waals surface area contributed by atoms with E-state index in [4.69, 9.17) is 0 Å². The van der Waals surface area contributed by atoms with Crippen molar-refractivity contribution in [2.75, 3.05) is 11.1 Å². The van der Waals surface area contributed by atoms with Crippen molar-refractivity contribution in [3.8, 4) is 17.2 Å². The number of thiophene rings is 2. The molecule has 3 heterocycles. The summed E-state index contributed by atoms with van der Waals surface area (Å²) in [4.78, 5) is 34.4. The third-order valence-electron chi connectivity index (χ3n) is 5.13. The molecule has 5 rings (SSSR count). The lowest BCUT2D eigenvalue weighted by molar-refractivity contribution is -0.113. The van der Waals surface area contributed by atoms with Gasteiger partial charge in [0.25, 0.3) is 5.56 Å². The van der Waals surface area contributed by atoms with Crippen LogP contribution in [0.15, 0.2) is 45.7 Å². The molecule has 3 aromatic heterocycles. The summed E-state index contributed by atoms with van der Waals surface area (Å²) in [6.45, 7) is 0. The third-order valence-corrected chi connectivity index (χ3v) is 8.09. The van der Waals surface area contributed by atoms with Crippen LogP contribution in [0.25, 0.3) is 21.3 Å². The van der Waals surface area contributed by atoms with Crippen LogP contribution in [0.1, 0.15) is 22.4 Å². The zero-order valence-electron chi connectivity index (χ0n) is 16.2. The Hall–Kier alpha value is -2.93. The number of rotatable bonds is 5. The number of amides is 1. The molecular weight excluding hydrogens is 448 g/mol. The molecule has 2 N–H and O–H groups in total. The predicted octanol–water partition coefficient (Wildman–Crippen LogP) is 4.80.